The first-order chi connectivity index (χ1) is 9.38. The molecule has 0 spiro atoms. The molecule has 0 radical (unpaired) electrons. The fourth-order valence-electron chi connectivity index (χ4n) is 3.49. The van der Waals surface area contributed by atoms with Crippen molar-refractivity contribution in [1.82, 2.24) is 14.9 Å². The Balaban J connectivity index is 1.48. The van der Waals surface area contributed by atoms with Gasteiger partial charge in [0.2, 0.25) is 0 Å². The van der Waals surface area contributed by atoms with Crippen LogP contribution in [0.5, 0.6) is 0 Å². The van der Waals surface area contributed by atoms with Crippen LogP contribution in [0, 0.1) is 5.92 Å². The molecule has 0 amide bonds. The average Bonchev–Trinajstić information content (AvgIpc) is 3.13. The zero-order valence-electron chi connectivity index (χ0n) is 11.5. The summed E-state index contributed by atoms with van der Waals surface area (Å²) in [5.74, 6) is 2.05. The third kappa shape index (κ3) is 2.46. The van der Waals surface area contributed by atoms with Crippen LogP contribution in [0.3, 0.4) is 0 Å². The van der Waals surface area contributed by atoms with Crippen LogP contribution < -0.4 is 4.90 Å². The third-order valence-corrected chi connectivity index (χ3v) is 4.82. The second-order valence-corrected chi connectivity index (χ2v) is 6.29. The van der Waals surface area contributed by atoms with Gasteiger partial charge in [-0.2, -0.15) is 0 Å². The van der Waals surface area contributed by atoms with Gasteiger partial charge in [-0.3, -0.25) is 4.90 Å². The second kappa shape index (κ2) is 4.75. The monoisotopic (exact) mass is 258 g/mol. The summed E-state index contributed by atoms with van der Waals surface area (Å²) in [5, 5.41) is 0. The minimum atomic E-state index is 0.760. The molecule has 4 rings (SSSR count). The molecule has 2 saturated heterocycles. The quantitative estimate of drug-likeness (QED) is 0.826. The van der Waals surface area contributed by atoms with E-state index in [0.29, 0.717) is 0 Å². The third-order valence-electron chi connectivity index (χ3n) is 4.82. The van der Waals surface area contributed by atoms with Gasteiger partial charge in [-0.05, 0) is 44.6 Å². The molecule has 0 aromatic carbocycles. The molecule has 1 saturated carbocycles. The van der Waals surface area contributed by atoms with E-state index in [9.17, 15) is 0 Å². The Labute approximate surface area is 114 Å². The van der Waals surface area contributed by atoms with Gasteiger partial charge in [-0.15, -0.1) is 0 Å². The number of rotatable bonds is 3. The molecule has 1 atom stereocenters. The van der Waals surface area contributed by atoms with Crippen molar-refractivity contribution < 1.29 is 0 Å². The lowest BCUT2D eigenvalue weighted by molar-refractivity contribution is 0.230. The molecule has 4 heteroatoms. The van der Waals surface area contributed by atoms with Crippen molar-refractivity contribution in [2.24, 2.45) is 5.92 Å². The molecule has 4 nitrogen and oxygen atoms in total. The summed E-state index contributed by atoms with van der Waals surface area (Å²) in [6.07, 6.45) is 8.42. The van der Waals surface area contributed by atoms with Gasteiger partial charge >= 0.3 is 0 Å². The molecular formula is C15H22N4. The van der Waals surface area contributed by atoms with Crippen LogP contribution in [-0.4, -0.2) is 47.1 Å². The first-order valence-corrected chi connectivity index (χ1v) is 7.68. The van der Waals surface area contributed by atoms with Crippen LogP contribution >= 0.6 is 0 Å². The van der Waals surface area contributed by atoms with Crippen LogP contribution in [0.4, 0.5) is 5.82 Å². The van der Waals surface area contributed by atoms with Crippen molar-refractivity contribution >= 4 is 5.82 Å². The first-order valence-electron chi connectivity index (χ1n) is 7.68. The summed E-state index contributed by atoms with van der Waals surface area (Å²) in [4.78, 5) is 14.0. The predicted molar refractivity (Wildman–Crippen MR) is 75.3 cm³/mol. The SMILES string of the molecule is c1nc(CC2CC2)cc(N2CCN3CCCC3C2)n1. The van der Waals surface area contributed by atoms with Gasteiger partial charge in [0.1, 0.15) is 12.1 Å². The van der Waals surface area contributed by atoms with Crippen molar-refractivity contribution in [3.63, 3.8) is 0 Å². The molecule has 1 aromatic rings. The number of hydrogen-bond donors (Lipinski definition) is 0. The van der Waals surface area contributed by atoms with Gasteiger partial charge in [-0.1, -0.05) is 0 Å². The van der Waals surface area contributed by atoms with Crippen LogP contribution in [0.2, 0.25) is 0 Å². The van der Waals surface area contributed by atoms with Gasteiger partial charge in [0.05, 0.1) is 0 Å². The van der Waals surface area contributed by atoms with E-state index in [2.05, 4.69) is 25.8 Å². The smallest absolute Gasteiger partial charge is 0.132 e. The Hall–Kier alpha value is -1.16. The molecule has 3 heterocycles. The fraction of sp³-hybridized carbons (Fsp3) is 0.733. The molecule has 1 aromatic heterocycles. The Morgan fingerprint density at radius 1 is 1.11 bits per heavy atom. The van der Waals surface area contributed by atoms with E-state index in [-0.39, 0.29) is 0 Å². The Morgan fingerprint density at radius 2 is 2.05 bits per heavy atom. The summed E-state index contributed by atoms with van der Waals surface area (Å²) in [6, 6.07) is 2.98. The number of piperazine rings is 1. The highest BCUT2D eigenvalue weighted by Gasteiger charge is 2.31. The van der Waals surface area contributed by atoms with Crippen molar-refractivity contribution in [2.45, 2.75) is 38.1 Å². The zero-order valence-corrected chi connectivity index (χ0v) is 11.5. The van der Waals surface area contributed by atoms with Crippen molar-refractivity contribution in [1.29, 1.82) is 0 Å². The molecular weight excluding hydrogens is 236 g/mol. The van der Waals surface area contributed by atoms with Crippen molar-refractivity contribution in [3.8, 4) is 0 Å². The normalized spacial score (nSPS) is 27.6. The zero-order chi connectivity index (χ0) is 12.7. The highest BCUT2D eigenvalue weighted by Crippen LogP contribution is 2.32. The molecule has 1 aliphatic carbocycles. The highest BCUT2D eigenvalue weighted by atomic mass is 15.3. The fourth-order valence-corrected chi connectivity index (χ4v) is 3.49. The molecule has 3 aliphatic rings. The van der Waals surface area contributed by atoms with Crippen molar-refractivity contribution in [2.75, 3.05) is 31.1 Å². The van der Waals surface area contributed by atoms with E-state index in [1.54, 1.807) is 6.33 Å². The van der Waals surface area contributed by atoms with Crippen molar-refractivity contribution in [3.05, 3.63) is 18.1 Å². The second-order valence-electron chi connectivity index (χ2n) is 6.29. The Kier molecular flexibility index (Phi) is 2.91. The van der Waals surface area contributed by atoms with E-state index in [1.807, 2.05) is 0 Å². The van der Waals surface area contributed by atoms with Gasteiger partial charge in [0.25, 0.3) is 0 Å². The summed E-state index contributed by atoms with van der Waals surface area (Å²) in [5.41, 5.74) is 1.24. The molecule has 0 bridgehead atoms. The van der Waals surface area contributed by atoms with E-state index >= 15 is 0 Å². The topological polar surface area (TPSA) is 32.3 Å². The van der Waals surface area contributed by atoms with Gasteiger partial charge in [-0.25, -0.2) is 9.97 Å². The van der Waals surface area contributed by atoms with E-state index in [0.717, 1.165) is 37.3 Å². The lowest BCUT2D eigenvalue weighted by Gasteiger charge is -2.38. The summed E-state index contributed by atoms with van der Waals surface area (Å²) < 4.78 is 0. The molecule has 3 fully saturated rings. The number of fused-ring (bicyclic) bond motifs is 1. The number of anilines is 1. The molecule has 1 unspecified atom stereocenters. The number of nitrogens with zero attached hydrogens (tertiary/aromatic N) is 4. The Morgan fingerprint density at radius 3 is 2.95 bits per heavy atom. The molecule has 2 aliphatic heterocycles. The minimum absolute atomic E-state index is 0.760. The van der Waals surface area contributed by atoms with Crippen LogP contribution in [0.15, 0.2) is 12.4 Å². The maximum Gasteiger partial charge on any atom is 0.132 e. The van der Waals surface area contributed by atoms with Gasteiger partial charge in [0.15, 0.2) is 0 Å². The molecule has 102 valence electrons. The molecule has 19 heavy (non-hydrogen) atoms. The van der Waals surface area contributed by atoms with E-state index < -0.39 is 0 Å². The standard InChI is InChI=1S/C15H22N4/c1-2-14-10-19(7-6-18(14)5-1)15-9-13(16-11-17-15)8-12-3-4-12/h9,11-12,14H,1-8,10H2. The Bertz CT molecular complexity index is 457. The largest absolute Gasteiger partial charge is 0.354 e. The highest BCUT2D eigenvalue weighted by molar-refractivity contribution is 5.40. The lowest BCUT2D eigenvalue weighted by atomic mass is 10.1. The van der Waals surface area contributed by atoms with Gasteiger partial charge in [0, 0.05) is 37.4 Å². The number of hydrogen-bond acceptors (Lipinski definition) is 4. The van der Waals surface area contributed by atoms with Gasteiger partial charge < -0.3 is 4.90 Å². The van der Waals surface area contributed by atoms with E-state index in [4.69, 9.17) is 0 Å². The maximum absolute atomic E-state index is 4.50. The summed E-state index contributed by atoms with van der Waals surface area (Å²) in [6.45, 7) is 4.78. The van der Waals surface area contributed by atoms with Crippen LogP contribution in [0.1, 0.15) is 31.4 Å². The molecule has 0 N–H and O–H groups in total. The summed E-state index contributed by atoms with van der Waals surface area (Å²) in [7, 11) is 0. The summed E-state index contributed by atoms with van der Waals surface area (Å²) >= 11 is 0. The lowest BCUT2D eigenvalue weighted by Crippen LogP contribution is -2.50. The minimum Gasteiger partial charge on any atom is -0.354 e. The predicted octanol–water partition coefficient (Wildman–Crippen LogP) is 1.71. The average molecular weight is 258 g/mol. The maximum atomic E-state index is 4.50. The van der Waals surface area contributed by atoms with Crippen LogP contribution in [0.25, 0.3) is 0 Å². The first kappa shape index (κ1) is 11.6. The van der Waals surface area contributed by atoms with E-state index in [1.165, 1.54) is 44.5 Å². The number of aromatic nitrogens is 2. The van der Waals surface area contributed by atoms with Crippen LogP contribution in [-0.2, 0) is 6.42 Å².